The number of aliphatic hydroxyl groups excluding tert-OH is 2. The summed E-state index contributed by atoms with van der Waals surface area (Å²) in [5, 5.41) is 23.0. The lowest BCUT2D eigenvalue weighted by Gasteiger charge is -2.21. The molecule has 1 aromatic heterocycles. The van der Waals surface area contributed by atoms with Crippen LogP contribution < -0.4 is 5.56 Å². The molecular formula is C20H29N3O3. The van der Waals surface area contributed by atoms with Crippen molar-refractivity contribution in [3.63, 3.8) is 0 Å². The number of hydrogen-bond acceptors (Lipinski definition) is 5. The highest BCUT2D eigenvalue weighted by Crippen LogP contribution is 2.18. The standard InChI is InChI=1S/C20H29N3O3/c1-15(2)13-23-20(26)18(14-22(8-10-24)9-11-25)12-19(21-23)17-6-4-16(3)5-7-17/h4-7,12,15,24-25H,8-11,13-14H2,1-3H3. The SMILES string of the molecule is Cc1ccc(-c2cc(CN(CCO)CCO)c(=O)n(CC(C)C)n2)cc1. The summed E-state index contributed by atoms with van der Waals surface area (Å²) in [6.07, 6.45) is 0. The molecule has 0 atom stereocenters. The Labute approximate surface area is 154 Å². The largest absolute Gasteiger partial charge is 0.395 e. The van der Waals surface area contributed by atoms with Gasteiger partial charge in [-0.2, -0.15) is 5.10 Å². The van der Waals surface area contributed by atoms with Gasteiger partial charge < -0.3 is 10.2 Å². The lowest BCUT2D eigenvalue weighted by atomic mass is 10.1. The van der Waals surface area contributed by atoms with Gasteiger partial charge in [0.25, 0.3) is 5.56 Å². The summed E-state index contributed by atoms with van der Waals surface area (Å²) in [4.78, 5) is 14.7. The van der Waals surface area contributed by atoms with Gasteiger partial charge in [0.15, 0.2) is 0 Å². The molecule has 2 aromatic rings. The first-order valence-corrected chi connectivity index (χ1v) is 9.06. The van der Waals surface area contributed by atoms with E-state index in [1.807, 2.05) is 42.2 Å². The maximum Gasteiger partial charge on any atom is 0.271 e. The minimum absolute atomic E-state index is 0.0178. The molecule has 0 radical (unpaired) electrons. The molecule has 142 valence electrons. The van der Waals surface area contributed by atoms with Crippen LogP contribution in [0.4, 0.5) is 0 Å². The summed E-state index contributed by atoms with van der Waals surface area (Å²) in [6, 6.07) is 9.89. The van der Waals surface area contributed by atoms with Gasteiger partial charge in [-0.3, -0.25) is 9.69 Å². The number of rotatable bonds is 9. The van der Waals surface area contributed by atoms with Crippen molar-refractivity contribution in [2.75, 3.05) is 26.3 Å². The third kappa shape index (κ3) is 5.49. The van der Waals surface area contributed by atoms with Gasteiger partial charge in [-0.1, -0.05) is 43.7 Å². The fourth-order valence-electron chi connectivity index (χ4n) is 2.84. The molecule has 0 amide bonds. The number of aliphatic hydroxyl groups is 2. The van der Waals surface area contributed by atoms with Gasteiger partial charge in [0.05, 0.1) is 18.9 Å². The lowest BCUT2D eigenvalue weighted by Crippen LogP contribution is -2.35. The lowest BCUT2D eigenvalue weighted by molar-refractivity contribution is 0.155. The van der Waals surface area contributed by atoms with Crippen LogP contribution in [0.5, 0.6) is 0 Å². The number of aromatic nitrogens is 2. The molecule has 0 aliphatic carbocycles. The van der Waals surface area contributed by atoms with E-state index in [2.05, 4.69) is 18.9 Å². The second-order valence-electron chi connectivity index (χ2n) is 7.03. The van der Waals surface area contributed by atoms with E-state index in [4.69, 9.17) is 0 Å². The number of benzene rings is 1. The zero-order chi connectivity index (χ0) is 19.1. The molecule has 0 unspecified atom stereocenters. The van der Waals surface area contributed by atoms with Crippen LogP contribution >= 0.6 is 0 Å². The van der Waals surface area contributed by atoms with Gasteiger partial charge in [-0.15, -0.1) is 0 Å². The second-order valence-corrected chi connectivity index (χ2v) is 7.03. The molecule has 26 heavy (non-hydrogen) atoms. The Morgan fingerprint density at radius 3 is 2.27 bits per heavy atom. The Morgan fingerprint density at radius 1 is 1.12 bits per heavy atom. The Kier molecular flexibility index (Phi) is 7.50. The molecule has 6 nitrogen and oxygen atoms in total. The highest BCUT2D eigenvalue weighted by Gasteiger charge is 2.14. The fourth-order valence-corrected chi connectivity index (χ4v) is 2.84. The van der Waals surface area contributed by atoms with Crippen molar-refractivity contribution in [1.82, 2.24) is 14.7 Å². The predicted octanol–water partition coefficient (Wildman–Crippen LogP) is 1.66. The molecule has 2 N–H and O–H groups in total. The molecule has 0 saturated carbocycles. The summed E-state index contributed by atoms with van der Waals surface area (Å²) in [7, 11) is 0. The molecule has 0 aliphatic heterocycles. The molecule has 6 heteroatoms. The van der Waals surface area contributed by atoms with Crippen molar-refractivity contribution in [3.05, 3.63) is 51.8 Å². The maximum absolute atomic E-state index is 12.8. The number of hydrogen-bond donors (Lipinski definition) is 2. The summed E-state index contributed by atoms with van der Waals surface area (Å²) >= 11 is 0. The summed E-state index contributed by atoms with van der Waals surface area (Å²) in [6.45, 7) is 7.84. The van der Waals surface area contributed by atoms with Crippen molar-refractivity contribution >= 4 is 0 Å². The Morgan fingerprint density at radius 2 is 1.73 bits per heavy atom. The van der Waals surface area contributed by atoms with Crippen molar-refractivity contribution in [1.29, 1.82) is 0 Å². The maximum atomic E-state index is 12.8. The normalized spacial score (nSPS) is 11.5. The topological polar surface area (TPSA) is 78.6 Å². The van der Waals surface area contributed by atoms with Gasteiger partial charge in [0.2, 0.25) is 0 Å². The summed E-state index contributed by atoms with van der Waals surface area (Å²) in [5.41, 5.74) is 3.40. The van der Waals surface area contributed by atoms with E-state index in [1.54, 1.807) is 0 Å². The first-order chi connectivity index (χ1) is 12.4. The minimum atomic E-state index is -0.115. The van der Waals surface area contributed by atoms with E-state index < -0.39 is 0 Å². The third-order valence-electron chi connectivity index (χ3n) is 4.16. The molecule has 0 saturated heterocycles. The quantitative estimate of drug-likeness (QED) is 0.712. The van der Waals surface area contributed by atoms with Crippen LogP contribution in [0.2, 0.25) is 0 Å². The van der Waals surface area contributed by atoms with E-state index in [-0.39, 0.29) is 18.8 Å². The average Bonchev–Trinajstić information content (AvgIpc) is 2.59. The van der Waals surface area contributed by atoms with Crippen molar-refractivity contribution < 1.29 is 10.2 Å². The summed E-state index contributed by atoms with van der Waals surface area (Å²) in [5.74, 6) is 0.298. The van der Waals surface area contributed by atoms with Gasteiger partial charge in [-0.25, -0.2) is 4.68 Å². The fraction of sp³-hybridized carbons (Fsp3) is 0.500. The van der Waals surface area contributed by atoms with Crippen LogP contribution in [0.3, 0.4) is 0 Å². The van der Waals surface area contributed by atoms with Crippen LogP contribution in [-0.4, -0.2) is 51.2 Å². The molecule has 0 spiro atoms. The van der Waals surface area contributed by atoms with E-state index >= 15 is 0 Å². The Balaban J connectivity index is 2.46. The second kappa shape index (κ2) is 9.62. The monoisotopic (exact) mass is 359 g/mol. The van der Waals surface area contributed by atoms with Gasteiger partial charge in [-0.05, 0) is 18.9 Å². The Hall–Kier alpha value is -2.02. The minimum Gasteiger partial charge on any atom is -0.395 e. The molecule has 1 heterocycles. The van der Waals surface area contributed by atoms with E-state index in [9.17, 15) is 15.0 Å². The van der Waals surface area contributed by atoms with E-state index in [0.717, 1.165) is 11.3 Å². The van der Waals surface area contributed by atoms with Crippen LogP contribution in [0.25, 0.3) is 11.3 Å². The van der Waals surface area contributed by atoms with Crippen LogP contribution in [0.1, 0.15) is 25.0 Å². The van der Waals surface area contributed by atoms with E-state index in [0.29, 0.717) is 37.7 Å². The molecule has 0 fully saturated rings. The van der Waals surface area contributed by atoms with Crippen LogP contribution in [0, 0.1) is 12.8 Å². The van der Waals surface area contributed by atoms with Crippen LogP contribution in [-0.2, 0) is 13.1 Å². The average molecular weight is 359 g/mol. The smallest absolute Gasteiger partial charge is 0.271 e. The molecular weight excluding hydrogens is 330 g/mol. The van der Waals surface area contributed by atoms with Crippen molar-refractivity contribution in [2.24, 2.45) is 5.92 Å². The van der Waals surface area contributed by atoms with Crippen molar-refractivity contribution in [2.45, 2.75) is 33.9 Å². The number of aryl methyl sites for hydroxylation is 1. The highest BCUT2D eigenvalue weighted by atomic mass is 16.3. The molecule has 1 aromatic carbocycles. The van der Waals surface area contributed by atoms with Gasteiger partial charge in [0, 0.05) is 37.3 Å². The van der Waals surface area contributed by atoms with E-state index in [1.165, 1.54) is 10.2 Å². The zero-order valence-electron chi connectivity index (χ0n) is 15.9. The number of nitrogens with zero attached hydrogens (tertiary/aromatic N) is 3. The van der Waals surface area contributed by atoms with Gasteiger partial charge >= 0.3 is 0 Å². The predicted molar refractivity (Wildman–Crippen MR) is 103 cm³/mol. The molecule has 0 aliphatic rings. The molecule has 2 rings (SSSR count). The van der Waals surface area contributed by atoms with Crippen molar-refractivity contribution in [3.8, 4) is 11.3 Å². The first kappa shape index (κ1) is 20.3. The third-order valence-corrected chi connectivity index (χ3v) is 4.16. The Bertz CT molecular complexity index is 748. The van der Waals surface area contributed by atoms with Crippen LogP contribution in [0.15, 0.2) is 35.1 Å². The van der Waals surface area contributed by atoms with Gasteiger partial charge in [0.1, 0.15) is 0 Å². The summed E-state index contributed by atoms with van der Waals surface area (Å²) < 4.78 is 1.53. The highest BCUT2D eigenvalue weighted by molar-refractivity contribution is 5.59. The first-order valence-electron chi connectivity index (χ1n) is 9.06. The molecule has 0 bridgehead atoms. The zero-order valence-corrected chi connectivity index (χ0v) is 15.9.